The molecule has 0 saturated carbocycles. The Morgan fingerprint density at radius 3 is 2.65 bits per heavy atom. The van der Waals surface area contributed by atoms with Crippen molar-refractivity contribution in [3.05, 3.63) is 36.5 Å². The Balaban J connectivity index is 2.00. The van der Waals surface area contributed by atoms with Gasteiger partial charge < -0.3 is 5.11 Å². The third kappa shape index (κ3) is 3.10. The van der Waals surface area contributed by atoms with Gasteiger partial charge >= 0.3 is 0 Å². The van der Waals surface area contributed by atoms with Crippen molar-refractivity contribution in [2.45, 2.75) is 45.1 Å². The first kappa shape index (κ1) is 12.6. The van der Waals surface area contributed by atoms with Crippen LogP contribution in [0.2, 0.25) is 0 Å². The number of rotatable bonds is 2. The molecule has 4 unspecified atom stereocenters. The van der Waals surface area contributed by atoms with Crippen molar-refractivity contribution in [3.8, 4) is 0 Å². The fraction of sp³-hybridized carbons (Fsp3) is 0.625. The predicted octanol–water partition coefficient (Wildman–Crippen LogP) is 3.86. The van der Waals surface area contributed by atoms with Crippen molar-refractivity contribution >= 4 is 0 Å². The minimum atomic E-state index is -0.650. The molecule has 0 aromatic rings. The van der Waals surface area contributed by atoms with Crippen molar-refractivity contribution < 1.29 is 5.11 Å². The van der Waals surface area contributed by atoms with Gasteiger partial charge in [0.2, 0.25) is 0 Å². The van der Waals surface area contributed by atoms with Crippen LogP contribution in [0.3, 0.4) is 0 Å². The Labute approximate surface area is 105 Å². The van der Waals surface area contributed by atoms with Crippen LogP contribution in [0, 0.1) is 17.8 Å². The highest BCUT2D eigenvalue weighted by Gasteiger charge is 2.29. The maximum atomic E-state index is 10.3. The molecule has 0 amide bonds. The standard InChI is InChI=1S/C16H24O/c1-13-7-3-4-8-14(13)10-11-15-9-5-6-12-16(15,2)17/h3,6-7,10-15,17H,4-5,8-9H2,1-2H3/b11-10+. The average Bonchev–Trinajstić information content (AvgIpc) is 2.29. The second-order valence-corrected chi connectivity index (χ2v) is 5.73. The predicted molar refractivity (Wildman–Crippen MR) is 72.7 cm³/mol. The summed E-state index contributed by atoms with van der Waals surface area (Å²) in [7, 11) is 0. The Bertz CT molecular complexity index is 335. The van der Waals surface area contributed by atoms with Crippen molar-refractivity contribution in [3.63, 3.8) is 0 Å². The van der Waals surface area contributed by atoms with Gasteiger partial charge in [-0.05, 0) is 44.4 Å². The lowest BCUT2D eigenvalue weighted by Crippen LogP contribution is -2.33. The van der Waals surface area contributed by atoms with E-state index in [2.05, 4.69) is 37.3 Å². The second-order valence-electron chi connectivity index (χ2n) is 5.73. The lowest BCUT2D eigenvalue weighted by atomic mass is 9.79. The second kappa shape index (κ2) is 5.22. The molecular weight excluding hydrogens is 208 g/mol. The molecule has 1 N–H and O–H groups in total. The van der Waals surface area contributed by atoms with E-state index < -0.39 is 5.60 Å². The quantitative estimate of drug-likeness (QED) is 0.717. The van der Waals surface area contributed by atoms with Gasteiger partial charge in [-0.3, -0.25) is 0 Å². The van der Waals surface area contributed by atoms with Crippen LogP contribution in [-0.4, -0.2) is 10.7 Å². The van der Waals surface area contributed by atoms with Gasteiger partial charge in [0.05, 0.1) is 5.60 Å². The molecule has 1 nitrogen and oxygen atoms in total. The fourth-order valence-corrected chi connectivity index (χ4v) is 2.86. The highest BCUT2D eigenvalue weighted by atomic mass is 16.3. The minimum Gasteiger partial charge on any atom is -0.385 e. The first-order valence-corrected chi connectivity index (χ1v) is 6.84. The van der Waals surface area contributed by atoms with E-state index in [1.54, 1.807) is 0 Å². The van der Waals surface area contributed by atoms with Crippen LogP contribution in [0.25, 0.3) is 0 Å². The third-order valence-corrected chi connectivity index (χ3v) is 4.22. The SMILES string of the molecule is CC1C=CCCC1/C=C/C1CCC=CC1(C)O. The number of aliphatic hydroxyl groups is 1. The highest BCUT2D eigenvalue weighted by molar-refractivity contribution is 5.13. The summed E-state index contributed by atoms with van der Waals surface area (Å²) in [6.45, 7) is 4.20. The minimum absolute atomic E-state index is 0.283. The Kier molecular flexibility index (Phi) is 3.88. The summed E-state index contributed by atoms with van der Waals surface area (Å²) >= 11 is 0. The van der Waals surface area contributed by atoms with E-state index in [-0.39, 0.29) is 5.92 Å². The molecule has 1 heteroatoms. The van der Waals surface area contributed by atoms with Gasteiger partial charge in [0.1, 0.15) is 0 Å². The summed E-state index contributed by atoms with van der Waals surface area (Å²) in [6, 6.07) is 0. The molecule has 17 heavy (non-hydrogen) atoms. The van der Waals surface area contributed by atoms with Gasteiger partial charge in [0.15, 0.2) is 0 Å². The highest BCUT2D eigenvalue weighted by Crippen LogP contribution is 2.32. The zero-order valence-electron chi connectivity index (χ0n) is 11.0. The molecule has 2 rings (SSSR count). The molecule has 4 atom stereocenters. The van der Waals surface area contributed by atoms with E-state index >= 15 is 0 Å². The van der Waals surface area contributed by atoms with Gasteiger partial charge in [0.25, 0.3) is 0 Å². The zero-order valence-corrected chi connectivity index (χ0v) is 11.0. The van der Waals surface area contributed by atoms with Gasteiger partial charge in [0, 0.05) is 5.92 Å². The molecule has 2 aliphatic rings. The van der Waals surface area contributed by atoms with E-state index in [9.17, 15) is 5.11 Å². The van der Waals surface area contributed by atoms with Gasteiger partial charge in [-0.2, -0.15) is 0 Å². The molecule has 0 aromatic heterocycles. The average molecular weight is 232 g/mol. The maximum Gasteiger partial charge on any atom is 0.0862 e. The molecule has 0 heterocycles. The van der Waals surface area contributed by atoms with Crippen molar-refractivity contribution in [1.82, 2.24) is 0 Å². The van der Waals surface area contributed by atoms with Crippen LogP contribution in [-0.2, 0) is 0 Å². The lowest BCUT2D eigenvalue weighted by molar-refractivity contribution is 0.0579. The summed E-state index contributed by atoms with van der Waals surface area (Å²) in [5, 5.41) is 10.3. The largest absolute Gasteiger partial charge is 0.385 e. The van der Waals surface area contributed by atoms with E-state index in [1.807, 2.05) is 13.0 Å². The Hall–Kier alpha value is -0.820. The van der Waals surface area contributed by atoms with Crippen LogP contribution < -0.4 is 0 Å². The summed E-state index contributed by atoms with van der Waals surface area (Å²) < 4.78 is 0. The first-order valence-electron chi connectivity index (χ1n) is 6.84. The summed E-state index contributed by atoms with van der Waals surface area (Å²) in [4.78, 5) is 0. The molecular formula is C16H24O. The van der Waals surface area contributed by atoms with Crippen LogP contribution in [0.4, 0.5) is 0 Å². The van der Waals surface area contributed by atoms with Crippen molar-refractivity contribution in [1.29, 1.82) is 0 Å². The van der Waals surface area contributed by atoms with E-state index in [0.29, 0.717) is 11.8 Å². The number of allylic oxidation sites excluding steroid dienone is 4. The fourth-order valence-electron chi connectivity index (χ4n) is 2.86. The zero-order chi connectivity index (χ0) is 12.3. The van der Waals surface area contributed by atoms with Crippen molar-refractivity contribution in [2.75, 3.05) is 0 Å². The smallest absolute Gasteiger partial charge is 0.0862 e. The molecule has 94 valence electrons. The van der Waals surface area contributed by atoms with E-state index in [0.717, 1.165) is 12.8 Å². The summed E-state index contributed by atoms with van der Waals surface area (Å²) in [5.41, 5.74) is -0.650. The van der Waals surface area contributed by atoms with Gasteiger partial charge in [-0.25, -0.2) is 0 Å². The monoisotopic (exact) mass is 232 g/mol. The molecule has 0 aliphatic heterocycles. The molecule has 2 aliphatic carbocycles. The van der Waals surface area contributed by atoms with Crippen LogP contribution in [0.1, 0.15) is 39.5 Å². The molecule has 0 saturated heterocycles. The lowest BCUT2D eigenvalue weighted by Gasteiger charge is -2.31. The topological polar surface area (TPSA) is 20.2 Å². The van der Waals surface area contributed by atoms with Gasteiger partial charge in [-0.1, -0.05) is 43.4 Å². The molecule has 0 bridgehead atoms. The number of hydrogen-bond donors (Lipinski definition) is 1. The Morgan fingerprint density at radius 1 is 1.18 bits per heavy atom. The van der Waals surface area contributed by atoms with Gasteiger partial charge in [-0.15, -0.1) is 0 Å². The normalized spacial score (nSPS) is 42.2. The molecule has 0 radical (unpaired) electrons. The van der Waals surface area contributed by atoms with E-state index in [4.69, 9.17) is 0 Å². The molecule has 0 aromatic carbocycles. The van der Waals surface area contributed by atoms with Crippen LogP contribution >= 0.6 is 0 Å². The number of hydrogen-bond acceptors (Lipinski definition) is 1. The van der Waals surface area contributed by atoms with Crippen molar-refractivity contribution in [2.24, 2.45) is 17.8 Å². The van der Waals surface area contributed by atoms with E-state index in [1.165, 1.54) is 12.8 Å². The third-order valence-electron chi connectivity index (χ3n) is 4.22. The summed E-state index contributed by atoms with van der Waals surface area (Å²) in [6.07, 6.45) is 17.8. The Morgan fingerprint density at radius 2 is 1.94 bits per heavy atom. The first-order chi connectivity index (χ1) is 8.09. The maximum absolute atomic E-state index is 10.3. The van der Waals surface area contributed by atoms with Crippen LogP contribution in [0.15, 0.2) is 36.5 Å². The van der Waals surface area contributed by atoms with Crippen LogP contribution in [0.5, 0.6) is 0 Å². The summed E-state index contributed by atoms with van der Waals surface area (Å²) in [5.74, 6) is 1.58. The molecule has 0 fully saturated rings. The molecule has 0 spiro atoms.